The number of aromatic nitrogens is 2. The third kappa shape index (κ3) is 6.14. The minimum atomic E-state index is -0.867. The van der Waals surface area contributed by atoms with Crippen molar-refractivity contribution in [3.8, 4) is 0 Å². The van der Waals surface area contributed by atoms with Crippen LogP contribution in [0.3, 0.4) is 0 Å². The molecule has 1 unspecified atom stereocenters. The first-order chi connectivity index (χ1) is 12.7. The van der Waals surface area contributed by atoms with Gasteiger partial charge in [-0.3, -0.25) is 19.7 Å². The van der Waals surface area contributed by atoms with Crippen LogP contribution in [0, 0.1) is 0 Å². The van der Waals surface area contributed by atoms with Crippen LogP contribution in [0.25, 0.3) is 0 Å². The predicted octanol–water partition coefficient (Wildman–Crippen LogP) is 2.12. The third-order valence-electron chi connectivity index (χ3n) is 3.25. The summed E-state index contributed by atoms with van der Waals surface area (Å²) in [5.41, 5.74) is 2.09. The Morgan fingerprint density at radius 2 is 1.89 bits per heavy atom. The molecule has 27 heavy (non-hydrogen) atoms. The first kappa shape index (κ1) is 20.0. The van der Waals surface area contributed by atoms with Crippen molar-refractivity contribution in [2.24, 2.45) is 0 Å². The maximum atomic E-state index is 12.4. The molecule has 0 radical (unpaired) electrons. The second-order valence-electron chi connectivity index (χ2n) is 6.78. The first-order valence-electron chi connectivity index (χ1n) is 8.36. The fraction of sp³-hybridized carbons (Fsp3) is 0.333. The van der Waals surface area contributed by atoms with Crippen LogP contribution in [0.1, 0.15) is 38.2 Å². The Hall–Kier alpha value is -3.36. The SMILES string of the molecule is CC(NC(=O)OC(C)(C)C)C(=O)Nn1cccc1C(=O)Nc1ccccn1. The third-order valence-corrected chi connectivity index (χ3v) is 3.25. The van der Waals surface area contributed by atoms with Gasteiger partial charge in [-0.1, -0.05) is 6.07 Å². The average Bonchev–Trinajstić information content (AvgIpc) is 3.02. The fourth-order valence-corrected chi connectivity index (χ4v) is 2.05. The summed E-state index contributed by atoms with van der Waals surface area (Å²) in [6.07, 6.45) is 2.37. The Morgan fingerprint density at radius 1 is 1.15 bits per heavy atom. The van der Waals surface area contributed by atoms with E-state index >= 15 is 0 Å². The summed E-state index contributed by atoms with van der Waals surface area (Å²) in [6.45, 7) is 6.69. The smallest absolute Gasteiger partial charge is 0.408 e. The van der Waals surface area contributed by atoms with E-state index in [0.717, 1.165) is 0 Å². The lowest BCUT2D eigenvalue weighted by Crippen LogP contribution is -2.46. The van der Waals surface area contributed by atoms with E-state index in [-0.39, 0.29) is 5.69 Å². The molecule has 0 spiro atoms. The Labute approximate surface area is 157 Å². The van der Waals surface area contributed by atoms with Gasteiger partial charge in [0.1, 0.15) is 23.2 Å². The van der Waals surface area contributed by atoms with E-state index < -0.39 is 29.6 Å². The van der Waals surface area contributed by atoms with E-state index in [1.165, 1.54) is 17.8 Å². The summed E-state index contributed by atoms with van der Waals surface area (Å²) >= 11 is 0. The average molecular weight is 373 g/mol. The van der Waals surface area contributed by atoms with Gasteiger partial charge in [0.2, 0.25) is 0 Å². The van der Waals surface area contributed by atoms with Crippen LogP contribution in [0.2, 0.25) is 0 Å². The number of nitrogens with zero attached hydrogens (tertiary/aromatic N) is 2. The lowest BCUT2D eigenvalue weighted by atomic mass is 10.2. The highest BCUT2D eigenvalue weighted by Crippen LogP contribution is 2.08. The normalized spacial score (nSPS) is 12.0. The van der Waals surface area contributed by atoms with Gasteiger partial charge in [-0.2, -0.15) is 0 Å². The van der Waals surface area contributed by atoms with Crippen LogP contribution in [0.4, 0.5) is 10.6 Å². The highest BCUT2D eigenvalue weighted by Gasteiger charge is 2.22. The van der Waals surface area contributed by atoms with Crippen molar-refractivity contribution in [3.05, 3.63) is 48.4 Å². The summed E-state index contributed by atoms with van der Waals surface area (Å²) in [5.74, 6) is -0.558. The predicted molar refractivity (Wildman–Crippen MR) is 99.8 cm³/mol. The summed E-state index contributed by atoms with van der Waals surface area (Å²) in [5, 5.41) is 5.07. The van der Waals surface area contributed by atoms with Crippen molar-refractivity contribution in [1.82, 2.24) is 15.0 Å². The largest absolute Gasteiger partial charge is 0.444 e. The highest BCUT2D eigenvalue weighted by atomic mass is 16.6. The molecule has 3 N–H and O–H groups in total. The second kappa shape index (κ2) is 8.35. The maximum absolute atomic E-state index is 12.4. The number of hydrogen-bond donors (Lipinski definition) is 3. The molecule has 0 fully saturated rings. The minimum absolute atomic E-state index is 0.207. The van der Waals surface area contributed by atoms with E-state index in [4.69, 9.17) is 4.74 Å². The first-order valence-corrected chi connectivity index (χ1v) is 8.36. The minimum Gasteiger partial charge on any atom is -0.444 e. The van der Waals surface area contributed by atoms with Crippen molar-refractivity contribution in [2.75, 3.05) is 10.7 Å². The van der Waals surface area contributed by atoms with Crippen molar-refractivity contribution >= 4 is 23.7 Å². The molecule has 0 aliphatic rings. The molecule has 3 amide bonds. The molecule has 9 nitrogen and oxygen atoms in total. The molecule has 0 aromatic carbocycles. The second-order valence-corrected chi connectivity index (χ2v) is 6.78. The van der Waals surface area contributed by atoms with Gasteiger partial charge in [0, 0.05) is 12.4 Å². The number of rotatable bonds is 5. The zero-order chi connectivity index (χ0) is 20.0. The van der Waals surface area contributed by atoms with Crippen LogP contribution in [0.5, 0.6) is 0 Å². The van der Waals surface area contributed by atoms with Crippen molar-refractivity contribution in [1.29, 1.82) is 0 Å². The van der Waals surface area contributed by atoms with Crippen molar-refractivity contribution in [2.45, 2.75) is 39.3 Å². The van der Waals surface area contributed by atoms with Gasteiger partial charge >= 0.3 is 6.09 Å². The van der Waals surface area contributed by atoms with Gasteiger partial charge < -0.3 is 15.4 Å². The number of carbonyl (C=O) groups is 3. The van der Waals surface area contributed by atoms with Gasteiger partial charge in [0.25, 0.3) is 11.8 Å². The van der Waals surface area contributed by atoms with Crippen molar-refractivity contribution in [3.63, 3.8) is 0 Å². The fourth-order valence-electron chi connectivity index (χ4n) is 2.05. The summed E-state index contributed by atoms with van der Waals surface area (Å²) in [4.78, 5) is 40.4. The summed E-state index contributed by atoms with van der Waals surface area (Å²) < 4.78 is 6.39. The number of nitrogens with one attached hydrogen (secondary N) is 3. The van der Waals surface area contributed by atoms with E-state index in [9.17, 15) is 14.4 Å². The molecule has 0 aliphatic heterocycles. The maximum Gasteiger partial charge on any atom is 0.408 e. The highest BCUT2D eigenvalue weighted by molar-refractivity contribution is 6.03. The number of alkyl carbamates (subject to hydrolysis) is 1. The van der Waals surface area contributed by atoms with E-state index in [1.54, 1.807) is 57.3 Å². The molecule has 2 aromatic heterocycles. The van der Waals surface area contributed by atoms with Gasteiger partial charge in [-0.05, 0) is 52.0 Å². The summed E-state index contributed by atoms with van der Waals surface area (Å²) in [6, 6.07) is 7.42. The van der Waals surface area contributed by atoms with E-state index in [2.05, 4.69) is 21.0 Å². The Balaban J connectivity index is 1.97. The summed E-state index contributed by atoms with van der Waals surface area (Å²) in [7, 11) is 0. The van der Waals surface area contributed by atoms with Gasteiger partial charge in [-0.25, -0.2) is 9.78 Å². The molecule has 0 saturated heterocycles. The quantitative estimate of drug-likeness (QED) is 0.743. The van der Waals surface area contributed by atoms with Crippen LogP contribution in [0.15, 0.2) is 42.7 Å². The lowest BCUT2D eigenvalue weighted by Gasteiger charge is -2.22. The number of anilines is 1. The molecule has 1 atom stereocenters. The van der Waals surface area contributed by atoms with E-state index in [0.29, 0.717) is 5.82 Å². The van der Waals surface area contributed by atoms with Gasteiger partial charge in [0.15, 0.2) is 0 Å². The number of ether oxygens (including phenoxy) is 1. The van der Waals surface area contributed by atoms with E-state index in [1.807, 2.05) is 0 Å². The topological polar surface area (TPSA) is 114 Å². The Kier molecular flexibility index (Phi) is 6.17. The molecule has 2 rings (SSSR count). The van der Waals surface area contributed by atoms with Crippen molar-refractivity contribution < 1.29 is 19.1 Å². The van der Waals surface area contributed by atoms with Crippen LogP contribution < -0.4 is 16.1 Å². The molecule has 144 valence electrons. The molecule has 2 heterocycles. The number of carbonyl (C=O) groups excluding carboxylic acids is 3. The molecular weight excluding hydrogens is 350 g/mol. The number of amides is 3. The zero-order valence-electron chi connectivity index (χ0n) is 15.6. The van der Waals surface area contributed by atoms with Gasteiger partial charge in [0.05, 0.1) is 0 Å². The Morgan fingerprint density at radius 3 is 2.52 bits per heavy atom. The van der Waals surface area contributed by atoms with Gasteiger partial charge in [-0.15, -0.1) is 0 Å². The molecule has 9 heteroatoms. The number of pyridine rings is 1. The molecule has 0 aliphatic carbocycles. The lowest BCUT2D eigenvalue weighted by molar-refractivity contribution is -0.118. The van der Waals surface area contributed by atoms with Crippen LogP contribution >= 0.6 is 0 Å². The standard InChI is InChI=1S/C18H23N5O4/c1-12(20-17(26)27-18(2,3)4)15(24)22-23-11-7-8-13(23)16(25)21-14-9-5-6-10-19-14/h5-12H,1-4H3,(H,20,26)(H,22,24)(H,19,21,25). The van der Waals surface area contributed by atoms with Crippen LogP contribution in [-0.2, 0) is 9.53 Å². The monoisotopic (exact) mass is 373 g/mol. The van der Waals surface area contributed by atoms with Crippen LogP contribution in [-0.4, -0.2) is 39.2 Å². The molecule has 2 aromatic rings. The zero-order valence-corrected chi connectivity index (χ0v) is 15.6. The molecule has 0 bridgehead atoms. The Bertz CT molecular complexity index is 811. The molecule has 0 saturated carbocycles. The number of hydrogen-bond acceptors (Lipinski definition) is 5. The molecular formula is C18H23N5O4.